The molecule has 0 saturated carbocycles. The molecule has 2 N–H and O–H groups in total. The zero-order valence-electron chi connectivity index (χ0n) is 18.3. The maximum absolute atomic E-state index is 12.4. The van der Waals surface area contributed by atoms with Gasteiger partial charge >= 0.3 is 0 Å². The van der Waals surface area contributed by atoms with Gasteiger partial charge in [0, 0.05) is 5.69 Å². The van der Waals surface area contributed by atoms with E-state index in [1.807, 2.05) is 37.3 Å². The average Bonchev–Trinajstić information content (AvgIpc) is 3.15. The van der Waals surface area contributed by atoms with Crippen molar-refractivity contribution in [2.24, 2.45) is 4.99 Å². The van der Waals surface area contributed by atoms with Gasteiger partial charge < -0.3 is 15.4 Å². The topological polar surface area (TPSA) is 79.8 Å². The van der Waals surface area contributed by atoms with E-state index in [1.165, 1.54) is 11.8 Å². The number of aliphatic imine (C=N–C) groups is 1. The molecule has 1 aliphatic rings. The number of nitrogens with one attached hydrogen (secondary N) is 2. The minimum Gasteiger partial charge on any atom is -0.483 e. The number of aryl methyl sites for hydroxylation is 1. The van der Waals surface area contributed by atoms with Gasteiger partial charge in [0.2, 0.25) is 0 Å². The second-order valence-corrected chi connectivity index (χ2v) is 10.2. The van der Waals surface area contributed by atoms with E-state index in [2.05, 4.69) is 31.6 Å². The summed E-state index contributed by atoms with van der Waals surface area (Å²) in [7, 11) is 0. The minimum absolute atomic E-state index is 0.198. The molecule has 1 fully saturated rings. The van der Waals surface area contributed by atoms with Crippen molar-refractivity contribution in [1.82, 2.24) is 5.32 Å². The lowest BCUT2D eigenvalue weighted by Crippen LogP contribution is -2.20. The van der Waals surface area contributed by atoms with E-state index in [4.69, 9.17) is 27.9 Å². The van der Waals surface area contributed by atoms with Crippen molar-refractivity contribution < 1.29 is 14.3 Å². The number of hydrogen-bond acceptors (Lipinski definition) is 5. The molecule has 178 valence electrons. The van der Waals surface area contributed by atoms with E-state index >= 15 is 0 Å². The van der Waals surface area contributed by atoms with Crippen molar-refractivity contribution in [2.45, 2.75) is 6.92 Å². The molecule has 1 saturated heterocycles. The summed E-state index contributed by atoms with van der Waals surface area (Å²) in [5.74, 6) is -0.0706. The number of rotatable bonds is 6. The Morgan fingerprint density at radius 2 is 1.89 bits per heavy atom. The van der Waals surface area contributed by atoms with E-state index in [9.17, 15) is 9.59 Å². The fourth-order valence-electron chi connectivity index (χ4n) is 3.01. The minimum atomic E-state index is -0.346. The maximum Gasteiger partial charge on any atom is 0.264 e. The quantitative estimate of drug-likeness (QED) is 0.304. The molecule has 6 nitrogen and oxygen atoms in total. The summed E-state index contributed by atoms with van der Waals surface area (Å²) in [5.41, 5.74) is 3.22. The summed E-state index contributed by atoms with van der Waals surface area (Å²) in [4.78, 5) is 29.6. The summed E-state index contributed by atoms with van der Waals surface area (Å²) in [6.07, 6.45) is 1.77. The first-order valence-corrected chi connectivity index (χ1v) is 12.7. The Morgan fingerprint density at radius 3 is 2.60 bits per heavy atom. The molecule has 1 heterocycles. The van der Waals surface area contributed by atoms with Gasteiger partial charge in [0.05, 0.1) is 25.1 Å². The highest BCUT2D eigenvalue weighted by Crippen LogP contribution is 2.31. The molecule has 1 aliphatic heterocycles. The number of anilines is 1. The monoisotopic (exact) mass is 589 g/mol. The molecule has 0 atom stereocenters. The zero-order chi connectivity index (χ0) is 24.9. The lowest BCUT2D eigenvalue weighted by Gasteiger charge is -2.10. The number of carbonyl (C=O) groups is 2. The first-order chi connectivity index (χ1) is 16.8. The Balaban J connectivity index is 1.37. The van der Waals surface area contributed by atoms with Gasteiger partial charge in [0.1, 0.15) is 5.75 Å². The van der Waals surface area contributed by atoms with Crippen LogP contribution in [0.15, 0.2) is 75.0 Å². The van der Waals surface area contributed by atoms with Gasteiger partial charge in [-0.1, -0.05) is 47.0 Å². The van der Waals surface area contributed by atoms with Crippen molar-refractivity contribution in [3.63, 3.8) is 0 Å². The predicted molar refractivity (Wildman–Crippen MR) is 147 cm³/mol. The molecule has 0 aliphatic carbocycles. The van der Waals surface area contributed by atoms with Gasteiger partial charge in [-0.2, -0.15) is 0 Å². The smallest absolute Gasteiger partial charge is 0.264 e. The van der Waals surface area contributed by atoms with E-state index in [1.54, 1.807) is 36.4 Å². The normalized spacial score (nSPS) is 15.4. The van der Waals surface area contributed by atoms with Crippen LogP contribution in [0.3, 0.4) is 0 Å². The number of carbonyl (C=O) groups excluding carboxylic acids is 2. The molecule has 3 aromatic rings. The van der Waals surface area contributed by atoms with Crippen molar-refractivity contribution in [2.75, 3.05) is 11.9 Å². The highest BCUT2D eigenvalue weighted by atomic mass is 79.9. The fourth-order valence-corrected chi connectivity index (χ4v) is 4.66. The summed E-state index contributed by atoms with van der Waals surface area (Å²) < 4.78 is 6.26. The van der Waals surface area contributed by atoms with Crippen LogP contribution in [-0.2, 0) is 9.59 Å². The first kappa shape index (κ1) is 25.3. The molecule has 0 aromatic heterocycles. The maximum atomic E-state index is 12.4. The summed E-state index contributed by atoms with van der Waals surface area (Å²) in [6, 6.07) is 17.9. The number of hydrogen-bond donors (Lipinski definition) is 2. The predicted octanol–water partition coefficient (Wildman–Crippen LogP) is 6.97. The summed E-state index contributed by atoms with van der Waals surface area (Å²) in [6.45, 7) is 1.81. The Bertz CT molecular complexity index is 1360. The standard InChI is InChI=1S/C25H18BrCl2N3O3S/c1-14-2-5-16(6-3-14)30-25-31-24(33)22(35-25)11-15-4-9-21(18(26)10-15)34-13-23(32)29-17-7-8-19(27)20(28)12-17/h2-12H,13H2,1H3,(H,29,32)(H,30,31,33)/b22-11+. The van der Waals surface area contributed by atoms with Crippen molar-refractivity contribution in [3.05, 3.63) is 91.2 Å². The van der Waals surface area contributed by atoms with Gasteiger partial charge in [-0.05, 0) is 88.7 Å². The van der Waals surface area contributed by atoms with E-state index < -0.39 is 0 Å². The third-order valence-electron chi connectivity index (χ3n) is 4.73. The molecular weight excluding hydrogens is 573 g/mol. The molecule has 0 unspecified atom stereocenters. The van der Waals surface area contributed by atoms with Crippen LogP contribution in [0.4, 0.5) is 11.4 Å². The van der Waals surface area contributed by atoms with Gasteiger partial charge in [0.25, 0.3) is 11.8 Å². The number of amidine groups is 1. The molecule has 0 bridgehead atoms. The van der Waals surface area contributed by atoms with Crippen LogP contribution in [0.25, 0.3) is 6.08 Å². The van der Waals surface area contributed by atoms with Crippen LogP contribution in [-0.4, -0.2) is 23.6 Å². The Morgan fingerprint density at radius 1 is 1.11 bits per heavy atom. The van der Waals surface area contributed by atoms with Gasteiger partial charge in [-0.3, -0.25) is 9.59 Å². The number of thioether (sulfide) groups is 1. The van der Waals surface area contributed by atoms with Gasteiger partial charge in [-0.15, -0.1) is 0 Å². The third-order valence-corrected chi connectivity index (χ3v) is 7.00. The number of nitrogens with zero attached hydrogens (tertiary/aromatic N) is 1. The second-order valence-electron chi connectivity index (χ2n) is 7.47. The molecule has 35 heavy (non-hydrogen) atoms. The number of benzene rings is 3. The number of ether oxygens (including phenoxy) is 1. The van der Waals surface area contributed by atoms with Crippen molar-refractivity contribution in [3.8, 4) is 5.75 Å². The highest BCUT2D eigenvalue weighted by molar-refractivity contribution is 9.10. The molecule has 2 amide bonds. The Kier molecular flexibility index (Phi) is 8.18. The highest BCUT2D eigenvalue weighted by Gasteiger charge is 2.24. The molecule has 0 radical (unpaired) electrons. The van der Waals surface area contributed by atoms with Gasteiger partial charge in [-0.25, -0.2) is 4.99 Å². The Labute approximate surface area is 224 Å². The largest absolute Gasteiger partial charge is 0.483 e. The SMILES string of the molecule is Cc1ccc(N=C2NC(=O)/C(=C\c3ccc(OCC(=O)Nc4ccc(Cl)c(Cl)c4)c(Br)c3)S2)cc1. The third kappa shape index (κ3) is 6.89. The number of halogens is 3. The van der Waals surface area contributed by atoms with E-state index in [0.29, 0.717) is 36.0 Å². The van der Waals surface area contributed by atoms with Crippen LogP contribution < -0.4 is 15.4 Å². The Hall–Kier alpha value is -2.78. The lowest BCUT2D eigenvalue weighted by molar-refractivity contribution is -0.118. The molecular formula is C25H18BrCl2N3O3S. The van der Waals surface area contributed by atoms with Gasteiger partial charge in [0.15, 0.2) is 11.8 Å². The summed E-state index contributed by atoms with van der Waals surface area (Å²) in [5, 5.41) is 6.76. The van der Waals surface area contributed by atoms with Crippen LogP contribution in [0.2, 0.25) is 10.0 Å². The second kappa shape index (κ2) is 11.3. The summed E-state index contributed by atoms with van der Waals surface area (Å²) >= 11 is 16.6. The molecule has 0 spiro atoms. The van der Waals surface area contributed by atoms with Crippen LogP contribution in [0, 0.1) is 6.92 Å². The van der Waals surface area contributed by atoms with Crippen LogP contribution in [0.1, 0.15) is 11.1 Å². The first-order valence-electron chi connectivity index (χ1n) is 10.3. The average molecular weight is 591 g/mol. The molecule has 4 rings (SSSR count). The van der Waals surface area contributed by atoms with Crippen molar-refractivity contribution in [1.29, 1.82) is 0 Å². The molecule has 10 heteroatoms. The molecule has 3 aromatic carbocycles. The van der Waals surface area contributed by atoms with Crippen LogP contribution >= 0.6 is 50.9 Å². The van der Waals surface area contributed by atoms with Crippen molar-refractivity contribution >= 4 is 85.3 Å². The zero-order valence-corrected chi connectivity index (χ0v) is 22.2. The van der Waals surface area contributed by atoms with E-state index in [0.717, 1.165) is 16.8 Å². The van der Waals surface area contributed by atoms with Crippen LogP contribution in [0.5, 0.6) is 5.75 Å². The number of amides is 2. The fraction of sp³-hybridized carbons (Fsp3) is 0.0800. The lowest BCUT2D eigenvalue weighted by atomic mass is 10.2. The van der Waals surface area contributed by atoms with E-state index in [-0.39, 0.29) is 18.4 Å².